The number of primary amides is 2. The summed E-state index contributed by atoms with van der Waals surface area (Å²) >= 11 is 0. The van der Waals surface area contributed by atoms with E-state index in [0.29, 0.717) is 12.8 Å². The molecule has 0 saturated carbocycles. The Kier molecular flexibility index (Phi) is 32.9. The minimum absolute atomic E-state index is 0.0933. The van der Waals surface area contributed by atoms with Crippen molar-refractivity contribution in [3.8, 4) is 0 Å². The zero-order valence-electron chi connectivity index (χ0n) is 58.8. The van der Waals surface area contributed by atoms with Gasteiger partial charge in [-0.05, 0) is 91.9 Å². The molecule has 0 aromatic rings. The zero-order valence-corrected chi connectivity index (χ0v) is 59.6. The molecule has 38 heteroatoms. The Morgan fingerprint density at radius 3 is 1.97 bits per heavy atom. The summed E-state index contributed by atoms with van der Waals surface area (Å²) in [5.41, 5.74) is 25.5. The van der Waals surface area contributed by atoms with Crippen LogP contribution in [-0.4, -0.2) is 282 Å². The lowest BCUT2D eigenvalue weighted by atomic mass is 9.85. The van der Waals surface area contributed by atoms with Crippen molar-refractivity contribution in [2.24, 2.45) is 28.3 Å². The third-order valence-corrected chi connectivity index (χ3v) is 19.3. The van der Waals surface area contributed by atoms with Crippen LogP contribution in [0.1, 0.15) is 113 Å². The number of carbonyl (C=O) groups excluding carboxylic acids is 4. The van der Waals surface area contributed by atoms with E-state index in [9.17, 15) is 90.1 Å². The minimum atomic E-state index is -5.62. The number of ether oxygens (including phenoxy) is 11. The predicted molar refractivity (Wildman–Crippen MR) is 353 cm³/mol. The second-order valence-electron chi connectivity index (χ2n) is 27.6. The number of allylic oxidation sites excluding steroid dienone is 10. The lowest BCUT2D eigenvalue weighted by molar-refractivity contribution is -0.373. The maximum atomic E-state index is 14.0. The van der Waals surface area contributed by atoms with E-state index in [-0.39, 0.29) is 24.9 Å². The molecule has 1 aliphatic carbocycles. The van der Waals surface area contributed by atoms with Gasteiger partial charge in [0.25, 0.3) is 5.91 Å². The standard InChI is InChI=1S/C65H106N5O32P/c1-29(2)13-12-15-30(3)16-17-32(5)20-23-64(7,8)22-11-10-14-31(4)21-24-89-34(26-91-86)27-92-103(87,88)102-62-53(54(101-63(69)84)65(9,85)55(100-62)56(68)82)99-59-40(67)44(76)51(38(95-59)28-90-60-48(80)45(77)42(74)37(25-71)94-60)97-58-39(66)43(75)50(33(6)93-58)96-61-49(81)46(78)47(79)52(98-61)57(83)70-41-35(72)18-19-36(41)73/h11,13,16,21-22,33-34,37-40,42-55,58-62,71-72,74-81,85-86H,5,10,12,14-15,17-20,23-28,66-67H2,1-4,6-9H3,(H2,68,82)(H2,69,84)(H,70,83)(H,87,88)/b22-11+,30-16+,31-21-. The molecule has 5 aliphatic heterocycles. The van der Waals surface area contributed by atoms with E-state index >= 15 is 0 Å². The topological polar surface area (TPSA) is 594 Å². The Morgan fingerprint density at radius 1 is 0.748 bits per heavy atom. The third kappa shape index (κ3) is 23.9. The maximum absolute atomic E-state index is 14.0. The van der Waals surface area contributed by atoms with Gasteiger partial charge in [-0.2, -0.15) is 0 Å². The predicted octanol–water partition coefficient (Wildman–Crippen LogP) is -1.98. The average molecular weight is 1500 g/mol. The summed E-state index contributed by atoms with van der Waals surface area (Å²) < 4.78 is 88.6. The number of phosphoric ester groups is 1. The fourth-order valence-electron chi connectivity index (χ4n) is 12.0. The number of nitrogens with one attached hydrogen (secondary N) is 1. The second kappa shape index (κ2) is 38.9. The Balaban J connectivity index is 1.17. The smallest absolute Gasteiger partial charge is 0.474 e. The number of phosphoric acid groups is 1. The zero-order chi connectivity index (χ0) is 76.7. The summed E-state index contributed by atoms with van der Waals surface area (Å²) in [7, 11) is -5.62. The van der Waals surface area contributed by atoms with Crippen LogP contribution in [0.15, 0.2) is 70.7 Å². The summed E-state index contributed by atoms with van der Waals surface area (Å²) in [6, 6.07) is -3.73. The van der Waals surface area contributed by atoms with Gasteiger partial charge in [0.15, 0.2) is 61.6 Å². The van der Waals surface area contributed by atoms with Gasteiger partial charge in [-0.25, -0.2) is 14.2 Å². The van der Waals surface area contributed by atoms with Crippen LogP contribution in [0.25, 0.3) is 0 Å². The number of ketones is 1. The number of rotatable bonds is 36. The van der Waals surface area contributed by atoms with Crippen LogP contribution in [0.2, 0.25) is 0 Å². The van der Waals surface area contributed by atoms with Crippen molar-refractivity contribution < 1.29 is 156 Å². The van der Waals surface area contributed by atoms with Crippen LogP contribution < -0.4 is 28.3 Å². The summed E-state index contributed by atoms with van der Waals surface area (Å²) in [5, 5.41) is 132. The van der Waals surface area contributed by atoms with E-state index in [1.165, 1.54) is 18.1 Å². The van der Waals surface area contributed by atoms with E-state index in [1.54, 1.807) is 6.08 Å². The maximum Gasteiger partial charge on any atom is 0.474 e. The summed E-state index contributed by atoms with van der Waals surface area (Å²) in [4.78, 5) is 66.8. The van der Waals surface area contributed by atoms with Gasteiger partial charge in [0, 0.05) is 12.8 Å². The molecular formula is C65H106N5O32P. The first-order valence-electron chi connectivity index (χ1n) is 33.7. The molecular weight excluding hydrogens is 1390 g/mol. The summed E-state index contributed by atoms with van der Waals surface area (Å²) in [6.45, 7) is 15.4. The van der Waals surface area contributed by atoms with Gasteiger partial charge < -0.3 is 141 Å². The lowest BCUT2D eigenvalue weighted by Gasteiger charge is -2.51. The van der Waals surface area contributed by atoms with Crippen LogP contribution in [0.3, 0.4) is 0 Å². The number of Topliss-reactive ketones (excluding diaryl/α,β-unsaturated/α-hetero) is 1. The van der Waals surface area contributed by atoms with E-state index in [0.717, 1.165) is 50.2 Å². The van der Waals surface area contributed by atoms with Crippen LogP contribution in [0.4, 0.5) is 4.79 Å². The fraction of sp³-hybridized carbons (Fsp3) is 0.754. The molecule has 0 spiro atoms. The summed E-state index contributed by atoms with van der Waals surface area (Å²) in [6.07, 6.45) is -31.2. The molecule has 3 amide bonds. The largest absolute Gasteiger partial charge is 0.510 e. The van der Waals surface area contributed by atoms with Crippen LogP contribution >= 0.6 is 7.82 Å². The second-order valence-corrected chi connectivity index (χ2v) is 29.1. The Labute approximate surface area is 595 Å². The van der Waals surface area contributed by atoms with Gasteiger partial charge in [0.1, 0.15) is 103 Å². The minimum Gasteiger partial charge on any atom is -0.510 e. The van der Waals surface area contributed by atoms with Crippen molar-refractivity contribution >= 4 is 31.5 Å². The van der Waals surface area contributed by atoms with Crippen molar-refractivity contribution in [3.63, 3.8) is 0 Å². The molecule has 0 bridgehead atoms. The number of aliphatic hydroxyl groups is 11. The molecule has 27 atom stereocenters. The molecule has 22 N–H and O–H groups in total. The molecule has 6 rings (SSSR count). The molecule has 5 saturated heterocycles. The van der Waals surface area contributed by atoms with E-state index < -0.39 is 228 Å². The van der Waals surface area contributed by atoms with Gasteiger partial charge in [-0.3, -0.25) is 28.7 Å². The molecule has 37 nitrogen and oxygen atoms in total. The van der Waals surface area contributed by atoms with Gasteiger partial charge in [0.2, 0.25) is 5.91 Å². The van der Waals surface area contributed by atoms with Gasteiger partial charge in [0.05, 0.1) is 44.6 Å². The van der Waals surface area contributed by atoms with Crippen LogP contribution in [0, 0.1) is 5.41 Å². The monoisotopic (exact) mass is 1500 g/mol. The average Bonchev–Trinajstić information content (AvgIpc) is 1.40. The van der Waals surface area contributed by atoms with E-state index in [2.05, 4.69) is 75.7 Å². The Morgan fingerprint density at radius 2 is 1.35 bits per heavy atom. The highest BCUT2D eigenvalue weighted by molar-refractivity contribution is 7.47. The first-order chi connectivity index (χ1) is 48.2. The molecule has 0 aromatic heterocycles. The van der Waals surface area contributed by atoms with E-state index in [1.807, 2.05) is 6.92 Å². The molecule has 27 unspecified atom stereocenters. The van der Waals surface area contributed by atoms with Crippen molar-refractivity contribution in [2.45, 2.75) is 272 Å². The van der Waals surface area contributed by atoms with Crippen LogP contribution in [-0.2, 0) is 85.0 Å². The normalized spacial score (nSPS) is 37.2. The van der Waals surface area contributed by atoms with Gasteiger partial charge in [-0.15, -0.1) is 0 Å². The Bertz CT molecular complexity index is 3040. The number of aliphatic hydroxyl groups excluding tert-OH is 10. The van der Waals surface area contributed by atoms with E-state index in [4.69, 9.17) is 84.1 Å². The van der Waals surface area contributed by atoms with Crippen LogP contribution in [0.5, 0.6) is 0 Å². The highest BCUT2D eigenvalue weighted by Gasteiger charge is 2.62. The van der Waals surface area contributed by atoms with Crippen molar-refractivity contribution in [2.75, 3.05) is 33.0 Å². The lowest BCUT2D eigenvalue weighted by Crippen LogP contribution is -2.72. The highest BCUT2D eigenvalue weighted by atomic mass is 31.2. The van der Waals surface area contributed by atoms with Gasteiger partial charge >= 0.3 is 13.9 Å². The molecule has 588 valence electrons. The number of nitrogens with two attached hydrogens (primary N) is 4. The molecule has 0 aromatic carbocycles. The van der Waals surface area contributed by atoms with Crippen molar-refractivity contribution in [1.82, 2.24) is 5.32 Å². The molecule has 5 fully saturated rings. The number of hydrogen-bond donors (Lipinski definition) is 18. The molecule has 5 heterocycles. The third-order valence-electron chi connectivity index (χ3n) is 18.3. The molecule has 0 radical (unpaired) electrons. The highest BCUT2D eigenvalue weighted by Crippen LogP contribution is 2.49. The molecule has 103 heavy (non-hydrogen) atoms. The first kappa shape index (κ1) is 87.2. The SMILES string of the molecule is C=C(C/C=C(\C)CCC=C(C)C)CCC(C)(C)/C=C/CC/C(C)=C\COC(COO)COP(=O)(O)OC1OC(C(N)=O)C(C)(O)C(OC(N)=O)C1OC1OC(COC2OC(CO)C(O)C(O)C2O)C(OC2OC(C)C(OC3OC(C(=O)NC4=C(O)CCC4=O)C(O)C(O)C3O)C(O)C2N)C(O)C1N. The molecule has 6 aliphatic rings. The summed E-state index contributed by atoms with van der Waals surface area (Å²) in [5.74, 6) is -3.83. The first-order valence-corrected chi connectivity index (χ1v) is 35.2. The van der Waals surface area contributed by atoms with Crippen molar-refractivity contribution in [1.29, 1.82) is 0 Å². The van der Waals surface area contributed by atoms with Gasteiger partial charge in [-0.1, -0.05) is 73.1 Å². The number of carbonyl (C=O) groups is 4. The van der Waals surface area contributed by atoms with Crippen molar-refractivity contribution in [3.05, 3.63) is 70.7 Å². The quantitative estimate of drug-likeness (QED) is 0.0140. The Hall–Kier alpha value is -4.73. The number of hydrogen-bond acceptors (Lipinski definition) is 33. The fourth-order valence-corrected chi connectivity index (χ4v) is 12.8. The number of amides is 3.